The van der Waals surface area contributed by atoms with Crippen LogP contribution >= 0.6 is 11.8 Å². The highest BCUT2D eigenvalue weighted by molar-refractivity contribution is 7.98. The number of fused-ring (bicyclic) bond motifs is 2. The first-order valence-corrected chi connectivity index (χ1v) is 9.05. The SMILES string of the molecule is CSc1nn2cc(CC(C)c3nc4nccn4cc3O)cc2cc1O. The number of aromatic nitrogens is 5. The molecule has 0 aliphatic heterocycles. The Morgan fingerprint density at radius 1 is 1.20 bits per heavy atom. The van der Waals surface area contributed by atoms with Gasteiger partial charge in [0.15, 0.2) is 16.5 Å². The number of hydrogen-bond acceptors (Lipinski definition) is 6. The summed E-state index contributed by atoms with van der Waals surface area (Å²) in [6, 6.07) is 3.69. The van der Waals surface area contributed by atoms with Gasteiger partial charge in [-0.1, -0.05) is 6.92 Å². The predicted molar refractivity (Wildman–Crippen MR) is 95.4 cm³/mol. The minimum absolute atomic E-state index is 0.00716. The van der Waals surface area contributed by atoms with Crippen molar-refractivity contribution < 1.29 is 10.2 Å². The molecule has 4 heterocycles. The first-order valence-electron chi connectivity index (χ1n) is 7.83. The van der Waals surface area contributed by atoms with Crippen molar-refractivity contribution in [3.05, 3.63) is 48.2 Å². The average Bonchev–Trinajstić information content (AvgIpc) is 3.18. The van der Waals surface area contributed by atoms with Crippen LogP contribution in [0.15, 0.2) is 41.9 Å². The highest BCUT2D eigenvalue weighted by Gasteiger charge is 2.16. The summed E-state index contributed by atoms with van der Waals surface area (Å²) in [6.45, 7) is 2.02. The standard InChI is InChI=1S/C17H17N5O2S/c1-10(15-14(24)9-21-4-3-18-17(21)19-15)5-11-6-12-7-13(23)16(25-2)20-22(12)8-11/h3-4,6-10,23-24H,5H2,1-2H3. The van der Waals surface area contributed by atoms with Gasteiger partial charge in [0.1, 0.15) is 0 Å². The van der Waals surface area contributed by atoms with E-state index in [4.69, 9.17) is 0 Å². The molecule has 0 amide bonds. The molecule has 128 valence electrons. The van der Waals surface area contributed by atoms with E-state index in [9.17, 15) is 10.2 Å². The van der Waals surface area contributed by atoms with Crippen LogP contribution in [0.5, 0.6) is 11.5 Å². The third kappa shape index (κ3) is 2.78. The van der Waals surface area contributed by atoms with Crippen LogP contribution < -0.4 is 0 Å². The fraction of sp³-hybridized carbons (Fsp3) is 0.235. The van der Waals surface area contributed by atoms with Crippen molar-refractivity contribution in [1.29, 1.82) is 0 Å². The number of imidazole rings is 1. The van der Waals surface area contributed by atoms with E-state index in [2.05, 4.69) is 15.1 Å². The van der Waals surface area contributed by atoms with Crippen LogP contribution in [0.1, 0.15) is 24.1 Å². The second-order valence-corrected chi connectivity index (χ2v) is 6.80. The Morgan fingerprint density at radius 3 is 2.84 bits per heavy atom. The van der Waals surface area contributed by atoms with E-state index in [-0.39, 0.29) is 17.4 Å². The van der Waals surface area contributed by atoms with Gasteiger partial charge in [-0.15, -0.1) is 11.8 Å². The summed E-state index contributed by atoms with van der Waals surface area (Å²) < 4.78 is 3.45. The van der Waals surface area contributed by atoms with Gasteiger partial charge in [-0.25, -0.2) is 14.5 Å². The van der Waals surface area contributed by atoms with Crippen molar-refractivity contribution in [1.82, 2.24) is 24.0 Å². The lowest BCUT2D eigenvalue weighted by Crippen LogP contribution is -2.03. The normalized spacial score (nSPS) is 12.9. The molecule has 2 N–H and O–H groups in total. The van der Waals surface area contributed by atoms with Gasteiger partial charge in [0.25, 0.3) is 0 Å². The van der Waals surface area contributed by atoms with Crippen molar-refractivity contribution in [3.63, 3.8) is 0 Å². The molecular weight excluding hydrogens is 338 g/mol. The summed E-state index contributed by atoms with van der Waals surface area (Å²) in [4.78, 5) is 8.63. The molecule has 7 nitrogen and oxygen atoms in total. The summed E-state index contributed by atoms with van der Waals surface area (Å²) in [7, 11) is 0. The fourth-order valence-electron chi connectivity index (χ4n) is 3.00. The van der Waals surface area contributed by atoms with E-state index >= 15 is 0 Å². The van der Waals surface area contributed by atoms with Crippen LogP contribution in [-0.2, 0) is 6.42 Å². The summed E-state index contributed by atoms with van der Waals surface area (Å²) in [5.41, 5.74) is 2.51. The minimum atomic E-state index is 0.00716. The van der Waals surface area contributed by atoms with E-state index in [1.807, 2.05) is 25.4 Å². The molecule has 0 bridgehead atoms. The number of aromatic hydroxyl groups is 2. The second kappa shape index (κ2) is 5.96. The molecule has 0 radical (unpaired) electrons. The molecule has 4 aromatic rings. The smallest absolute Gasteiger partial charge is 0.234 e. The van der Waals surface area contributed by atoms with Crippen molar-refractivity contribution in [3.8, 4) is 11.5 Å². The van der Waals surface area contributed by atoms with Crippen LogP contribution in [-0.4, -0.2) is 40.5 Å². The van der Waals surface area contributed by atoms with Crippen molar-refractivity contribution in [2.24, 2.45) is 0 Å². The summed E-state index contributed by atoms with van der Waals surface area (Å²) in [6.07, 6.45) is 9.53. The molecule has 1 unspecified atom stereocenters. The summed E-state index contributed by atoms with van der Waals surface area (Å²) in [5.74, 6) is 0.912. The molecule has 8 heteroatoms. The Morgan fingerprint density at radius 2 is 2.04 bits per heavy atom. The highest BCUT2D eigenvalue weighted by atomic mass is 32.2. The van der Waals surface area contributed by atoms with Crippen molar-refractivity contribution in [2.45, 2.75) is 24.3 Å². The Labute approximate surface area is 148 Å². The molecule has 0 spiro atoms. The van der Waals surface area contributed by atoms with E-state index in [1.165, 1.54) is 11.8 Å². The minimum Gasteiger partial charge on any atom is -0.505 e. The third-order valence-electron chi connectivity index (χ3n) is 4.18. The van der Waals surface area contributed by atoms with Crippen LogP contribution in [0.2, 0.25) is 0 Å². The largest absolute Gasteiger partial charge is 0.505 e. The zero-order valence-electron chi connectivity index (χ0n) is 13.8. The number of thioether (sulfide) groups is 1. The molecule has 0 saturated heterocycles. The van der Waals surface area contributed by atoms with E-state index in [0.29, 0.717) is 22.9 Å². The zero-order valence-corrected chi connectivity index (χ0v) is 14.6. The molecular formula is C17H17N5O2S. The lowest BCUT2D eigenvalue weighted by molar-refractivity contribution is 0.452. The molecule has 25 heavy (non-hydrogen) atoms. The maximum atomic E-state index is 10.3. The van der Waals surface area contributed by atoms with Gasteiger partial charge in [-0.2, -0.15) is 5.10 Å². The first-order chi connectivity index (χ1) is 12.0. The summed E-state index contributed by atoms with van der Waals surface area (Å²) >= 11 is 1.40. The maximum absolute atomic E-state index is 10.3. The lowest BCUT2D eigenvalue weighted by Gasteiger charge is -2.11. The highest BCUT2D eigenvalue weighted by Crippen LogP contribution is 2.29. The van der Waals surface area contributed by atoms with Crippen LogP contribution in [0.3, 0.4) is 0 Å². The van der Waals surface area contributed by atoms with E-state index in [1.54, 1.807) is 33.6 Å². The monoisotopic (exact) mass is 355 g/mol. The molecule has 0 aliphatic rings. The first kappa shape index (κ1) is 15.8. The molecule has 0 aromatic carbocycles. The van der Waals surface area contributed by atoms with Gasteiger partial charge in [0.05, 0.1) is 17.4 Å². The van der Waals surface area contributed by atoms with E-state index in [0.717, 1.165) is 11.1 Å². The van der Waals surface area contributed by atoms with Crippen molar-refractivity contribution >= 4 is 23.1 Å². The second-order valence-electron chi connectivity index (χ2n) is 6.01. The predicted octanol–water partition coefficient (Wildman–Crippen LogP) is 2.86. The molecule has 0 fully saturated rings. The summed E-state index contributed by atoms with van der Waals surface area (Å²) in [5, 5.41) is 25.2. The van der Waals surface area contributed by atoms with Crippen LogP contribution in [0, 0.1) is 0 Å². The van der Waals surface area contributed by atoms with E-state index < -0.39 is 0 Å². The quantitative estimate of drug-likeness (QED) is 0.547. The Balaban J connectivity index is 1.66. The topological polar surface area (TPSA) is 88.0 Å². The maximum Gasteiger partial charge on any atom is 0.234 e. The van der Waals surface area contributed by atoms with Gasteiger partial charge in [0.2, 0.25) is 5.78 Å². The van der Waals surface area contributed by atoms with Gasteiger partial charge < -0.3 is 10.2 Å². The molecule has 0 saturated carbocycles. The number of hydrogen-bond donors (Lipinski definition) is 2. The Kier molecular flexibility index (Phi) is 3.76. The molecule has 1 atom stereocenters. The molecule has 4 rings (SSSR count). The number of rotatable bonds is 4. The number of nitrogens with zero attached hydrogens (tertiary/aromatic N) is 5. The van der Waals surface area contributed by atoms with Crippen LogP contribution in [0.25, 0.3) is 11.3 Å². The lowest BCUT2D eigenvalue weighted by atomic mass is 9.99. The fourth-order valence-corrected chi connectivity index (χ4v) is 3.43. The Bertz CT molecular complexity index is 1070. The van der Waals surface area contributed by atoms with Gasteiger partial charge >= 0.3 is 0 Å². The third-order valence-corrected chi connectivity index (χ3v) is 4.86. The average molecular weight is 355 g/mol. The van der Waals surface area contributed by atoms with Crippen molar-refractivity contribution in [2.75, 3.05) is 6.26 Å². The molecule has 0 aliphatic carbocycles. The van der Waals surface area contributed by atoms with Gasteiger partial charge in [0, 0.05) is 30.6 Å². The zero-order chi connectivity index (χ0) is 17.6. The Hall–Kier alpha value is -2.74. The van der Waals surface area contributed by atoms with Gasteiger partial charge in [-0.05, 0) is 24.3 Å². The van der Waals surface area contributed by atoms with Gasteiger partial charge in [-0.3, -0.25) is 4.40 Å². The van der Waals surface area contributed by atoms with Crippen LogP contribution in [0.4, 0.5) is 0 Å². The molecule has 4 aromatic heterocycles.